The van der Waals surface area contributed by atoms with Gasteiger partial charge in [0.1, 0.15) is 0 Å². The molecule has 64 valence electrons. The van der Waals surface area contributed by atoms with Gasteiger partial charge in [0.25, 0.3) is 0 Å². The highest BCUT2D eigenvalue weighted by Gasteiger charge is 2.47. The van der Waals surface area contributed by atoms with E-state index in [1.54, 1.807) is 0 Å². The third kappa shape index (κ3) is 2.00. The molecule has 0 aromatic rings. The van der Waals surface area contributed by atoms with Gasteiger partial charge >= 0.3 is 0 Å². The molecule has 1 rings (SSSR count). The van der Waals surface area contributed by atoms with E-state index in [2.05, 4.69) is 32.5 Å². The van der Waals surface area contributed by atoms with E-state index < -0.39 is 0 Å². The highest BCUT2D eigenvalue weighted by atomic mass is 32.2. The summed E-state index contributed by atoms with van der Waals surface area (Å²) in [6.45, 7) is 6.05. The summed E-state index contributed by atoms with van der Waals surface area (Å²) >= 11 is 2.03. The van der Waals surface area contributed by atoms with Crippen LogP contribution in [0.3, 0.4) is 0 Å². The molecule has 0 heterocycles. The van der Waals surface area contributed by atoms with Gasteiger partial charge < -0.3 is 4.90 Å². The Morgan fingerprint density at radius 2 is 2.18 bits per heavy atom. The Labute approximate surface area is 73.8 Å². The summed E-state index contributed by atoms with van der Waals surface area (Å²) in [6.07, 6.45) is 1.99. The molecule has 11 heavy (non-hydrogen) atoms. The summed E-state index contributed by atoms with van der Waals surface area (Å²) in [6, 6.07) is 0.806. The van der Waals surface area contributed by atoms with Crippen molar-refractivity contribution in [3.8, 4) is 0 Å². The molecule has 0 aliphatic heterocycles. The van der Waals surface area contributed by atoms with Crippen LogP contribution in [-0.4, -0.2) is 36.0 Å². The Balaban J connectivity index is 2.24. The standard InChI is InChI=1S/C9H17NS/c1-5-6-11-9-7(2)8(9)10(3)4/h5,7-9H,1,6H2,2-4H3. The monoisotopic (exact) mass is 171 g/mol. The van der Waals surface area contributed by atoms with Crippen LogP contribution in [-0.2, 0) is 0 Å². The highest BCUT2D eigenvalue weighted by Crippen LogP contribution is 2.44. The number of nitrogens with zero attached hydrogens (tertiary/aromatic N) is 1. The van der Waals surface area contributed by atoms with Gasteiger partial charge in [-0.15, -0.1) is 6.58 Å². The summed E-state index contributed by atoms with van der Waals surface area (Å²) in [4.78, 5) is 2.32. The van der Waals surface area contributed by atoms with Crippen LogP contribution in [0, 0.1) is 5.92 Å². The molecule has 3 unspecified atom stereocenters. The minimum Gasteiger partial charge on any atom is -0.305 e. The fourth-order valence-corrected chi connectivity index (χ4v) is 3.02. The molecule has 1 saturated carbocycles. The maximum atomic E-state index is 3.72. The fraction of sp³-hybridized carbons (Fsp3) is 0.778. The molecule has 0 bridgehead atoms. The van der Waals surface area contributed by atoms with E-state index in [-0.39, 0.29) is 0 Å². The van der Waals surface area contributed by atoms with E-state index in [4.69, 9.17) is 0 Å². The Bertz CT molecular complexity index is 144. The van der Waals surface area contributed by atoms with Gasteiger partial charge in [0.05, 0.1) is 0 Å². The second kappa shape index (κ2) is 3.63. The summed E-state index contributed by atoms with van der Waals surface area (Å²) in [5.41, 5.74) is 0. The molecule has 0 saturated heterocycles. The maximum absolute atomic E-state index is 3.72. The molecule has 0 aromatic heterocycles. The van der Waals surface area contributed by atoms with Crippen molar-refractivity contribution in [2.45, 2.75) is 18.2 Å². The van der Waals surface area contributed by atoms with Crippen molar-refractivity contribution in [3.63, 3.8) is 0 Å². The second-order valence-electron chi connectivity index (χ2n) is 3.40. The Kier molecular flexibility index (Phi) is 3.02. The minimum absolute atomic E-state index is 0.806. The number of hydrogen-bond acceptors (Lipinski definition) is 2. The zero-order valence-electron chi connectivity index (χ0n) is 7.58. The quantitative estimate of drug-likeness (QED) is 0.594. The van der Waals surface area contributed by atoms with Gasteiger partial charge in [-0.25, -0.2) is 0 Å². The molecular formula is C9H17NS. The molecular weight excluding hydrogens is 154 g/mol. The lowest BCUT2D eigenvalue weighted by Gasteiger charge is -2.07. The highest BCUT2D eigenvalue weighted by molar-refractivity contribution is 8.00. The lowest BCUT2D eigenvalue weighted by molar-refractivity contribution is 0.383. The first-order valence-electron chi connectivity index (χ1n) is 4.07. The van der Waals surface area contributed by atoms with E-state index in [9.17, 15) is 0 Å². The van der Waals surface area contributed by atoms with Crippen molar-refractivity contribution in [2.75, 3.05) is 19.8 Å². The number of rotatable bonds is 4. The van der Waals surface area contributed by atoms with Gasteiger partial charge in [0, 0.05) is 17.0 Å². The van der Waals surface area contributed by atoms with Crippen LogP contribution >= 0.6 is 11.8 Å². The van der Waals surface area contributed by atoms with E-state index in [0.717, 1.165) is 23.0 Å². The second-order valence-corrected chi connectivity index (χ2v) is 4.61. The van der Waals surface area contributed by atoms with E-state index >= 15 is 0 Å². The van der Waals surface area contributed by atoms with Crippen LogP contribution in [0.15, 0.2) is 12.7 Å². The first-order valence-corrected chi connectivity index (χ1v) is 5.12. The molecule has 3 atom stereocenters. The van der Waals surface area contributed by atoms with Crippen LogP contribution in [0.5, 0.6) is 0 Å². The van der Waals surface area contributed by atoms with Gasteiger partial charge in [-0.3, -0.25) is 0 Å². The SMILES string of the molecule is C=CCSC1C(C)C1N(C)C. The van der Waals surface area contributed by atoms with Crippen LogP contribution in [0.25, 0.3) is 0 Å². The van der Waals surface area contributed by atoms with Crippen LogP contribution in [0.2, 0.25) is 0 Å². The first kappa shape index (κ1) is 9.14. The smallest absolute Gasteiger partial charge is 0.0250 e. The topological polar surface area (TPSA) is 3.24 Å². The number of hydrogen-bond donors (Lipinski definition) is 0. The molecule has 0 aromatic carbocycles. The van der Waals surface area contributed by atoms with Crippen molar-refractivity contribution in [3.05, 3.63) is 12.7 Å². The Morgan fingerprint density at radius 3 is 2.55 bits per heavy atom. The fourth-order valence-electron chi connectivity index (χ4n) is 1.60. The number of thioether (sulfide) groups is 1. The molecule has 0 spiro atoms. The van der Waals surface area contributed by atoms with E-state index in [1.807, 2.05) is 17.8 Å². The van der Waals surface area contributed by atoms with Gasteiger partial charge in [-0.05, 0) is 20.0 Å². The molecule has 1 fully saturated rings. The van der Waals surface area contributed by atoms with Gasteiger partial charge in [-0.2, -0.15) is 11.8 Å². The minimum atomic E-state index is 0.806. The zero-order chi connectivity index (χ0) is 8.43. The first-order chi connectivity index (χ1) is 5.18. The van der Waals surface area contributed by atoms with Gasteiger partial charge in [0.15, 0.2) is 0 Å². The molecule has 0 amide bonds. The normalized spacial score (nSPS) is 35.8. The maximum Gasteiger partial charge on any atom is 0.0250 e. The molecule has 0 radical (unpaired) electrons. The van der Waals surface area contributed by atoms with Gasteiger partial charge in [0.2, 0.25) is 0 Å². The van der Waals surface area contributed by atoms with E-state index in [0.29, 0.717) is 0 Å². The van der Waals surface area contributed by atoms with Crippen molar-refractivity contribution in [1.29, 1.82) is 0 Å². The third-order valence-corrected chi connectivity index (χ3v) is 3.78. The third-order valence-electron chi connectivity index (χ3n) is 2.26. The zero-order valence-corrected chi connectivity index (χ0v) is 8.40. The van der Waals surface area contributed by atoms with E-state index in [1.165, 1.54) is 0 Å². The summed E-state index contributed by atoms with van der Waals surface area (Å²) in [5, 5.41) is 0.850. The summed E-state index contributed by atoms with van der Waals surface area (Å²) in [5.74, 6) is 1.97. The van der Waals surface area contributed by atoms with Crippen LogP contribution in [0.1, 0.15) is 6.92 Å². The van der Waals surface area contributed by atoms with Crippen molar-refractivity contribution >= 4 is 11.8 Å². The van der Waals surface area contributed by atoms with Crippen molar-refractivity contribution < 1.29 is 0 Å². The molecule has 0 N–H and O–H groups in total. The lowest BCUT2D eigenvalue weighted by Crippen LogP contribution is -2.17. The van der Waals surface area contributed by atoms with Gasteiger partial charge in [-0.1, -0.05) is 13.0 Å². The Hall–Kier alpha value is 0.0500. The van der Waals surface area contributed by atoms with Crippen molar-refractivity contribution in [1.82, 2.24) is 4.90 Å². The predicted octanol–water partition coefficient (Wildman–Crippen LogP) is 1.85. The molecule has 1 aliphatic rings. The lowest BCUT2D eigenvalue weighted by atomic mass is 10.5. The summed E-state index contributed by atoms with van der Waals surface area (Å²) in [7, 11) is 4.32. The molecule has 2 heteroatoms. The van der Waals surface area contributed by atoms with Crippen LogP contribution in [0.4, 0.5) is 0 Å². The Morgan fingerprint density at radius 1 is 1.55 bits per heavy atom. The predicted molar refractivity (Wildman–Crippen MR) is 53.1 cm³/mol. The summed E-state index contributed by atoms with van der Waals surface area (Å²) < 4.78 is 0. The largest absolute Gasteiger partial charge is 0.305 e. The molecule has 1 aliphatic carbocycles. The van der Waals surface area contributed by atoms with Crippen LogP contribution < -0.4 is 0 Å². The average Bonchev–Trinajstić information content (AvgIpc) is 2.57. The average molecular weight is 171 g/mol. The van der Waals surface area contributed by atoms with Crippen molar-refractivity contribution in [2.24, 2.45) is 5.92 Å². The molecule has 1 nitrogen and oxygen atoms in total.